The molecule has 20 heavy (non-hydrogen) atoms. The number of sulfonamides is 1. The summed E-state index contributed by atoms with van der Waals surface area (Å²) in [6.45, 7) is 0.444. The zero-order chi connectivity index (χ0) is 14.8. The van der Waals surface area contributed by atoms with Gasteiger partial charge in [-0.05, 0) is 43.3 Å². The lowest BCUT2D eigenvalue weighted by Gasteiger charge is -2.07. The van der Waals surface area contributed by atoms with Gasteiger partial charge in [-0.1, -0.05) is 11.6 Å². The minimum atomic E-state index is -3.80. The quantitative estimate of drug-likeness (QED) is 0.883. The molecule has 0 aliphatic rings. The number of rotatable bonds is 5. The van der Waals surface area contributed by atoms with Crippen molar-refractivity contribution in [3.05, 3.63) is 46.0 Å². The predicted octanol–water partition coefficient (Wildman–Crippen LogP) is 2.84. The first-order chi connectivity index (χ1) is 9.42. The number of hydrogen-bond donors (Lipinski definition) is 2. The average molecular weight is 335 g/mol. The Labute approximate surface area is 125 Å². The molecule has 1 aromatic heterocycles. The van der Waals surface area contributed by atoms with Crippen LogP contribution in [0.15, 0.2) is 34.5 Å². The van der Waals surface area contributed by atoms with Crippen molar-refractivity contribution in [2.24, 2.45) is 5.73 Å². The largest absolute Gasteiger partial charge is 0.330 e. The molecule has 0 saturated carbocycles. The van der Waals surface area contributed by atoms with Crippen molar-refractivity contribution < 1.29 is 12.8 Å². The normalized spacial score (nSPS) is 11.6. The second kappa shape index (κ2) is 6.09. The van der Waals surface area contributed by atoms with Crippen LogP contribution in [0.5, 0.6) is 0 Å². The summed E-state index contributed by atoms with van der Waals surface area (Å²) in [5, 5.41) is 0.201. The first kappa shape index (κ1) is 15.2. The first-order valence-electron chi connectivity index (χ1n) is 5.69. The molecule has 8 heteroatoms. The molecule has 2 rings (SSSR count). The molecule has 0 unspecified atom stereocenters. The van der Waals surface area contributed by atoms with Gasteiger partial charge in [-0.25, -0.2) is 12.8 Å². The van der Waals surface area contributed by atoms with E-state index in [9.17, 15) is 12.8 Å². The summed E-state index contributed by atoms with van der Waals surface area (Å²) < 4.78 is 40.2. The maximum absolute atomic E-state index is 13.6. The molecule has 0 saturated heterocycles. The van der Waals surface area contributed by atoms with Gasteiger partial charge in [0.25, 0.3) is 10.0 Å². The van der Waals surface area contributed by atoms with Gasteiger partial charge in [0.2, 0.25) is 0 Å². The maximum Gasteiger partial charge on any atom is 0.271 e. The molecule has 108 valence electrons. The van der Waals surface area contributed by atoms with Crippen LogP contribution in [-0.4, -0.2) is 15.0 Å². The Morgan fingerprint density at radius 2 is 2.05 bits per heavy atom. The van der Waals surface area contributed by atoms with Crippen molar-refractivity contribution in [1.29, 1.82) is 0 Å². The van der Waals surface area contributed by atoms with Gasteiger partial charge < -0.3 is 5.73 Å². The number of hydrogen-bond acceptors (Lipinski definition) is 4. The Balaban J connectivity index is 2.26. The number of nitrogens with one attached hydrogen (secondary N) is 1. The zero-order valence-corrected chi connectivity index (χ0v) is 12.7. The highest BCUT2D eigenvalue weighted by atomic mass is 35.5. The number of benzene rings is 1. The van der Waals surface area contributed by atoms with Gasteiger partial charge in [0, 0.05) is 9.90 Å². The lowest BCUT2D eigenvalue weighted by atomic mass is 10.3. The number of anilines is 1. The third kappa shape index (κ3) is 3.49. The number of nitrogens with two attached hydrogens (primary N) is 1. The third-order valence-electron chi connectivity index (χ3n) is 2.47. The Hall–Kier alpha value is -1.15. The Morgan fingerprint density at radius 3 is 2.70 bits per heavy atom. The van der Waals surface area contributed by atoms with E-state index < -0.39 is 15.8 Å². The smallest absolute Gasteiger partial charge is 0.271 e. The monoisotopic (exact) mass is 334 g/mol. The maximum atomic E-state index is 13.6. The van der Waals surface area contributed by atoms with E-state index in [0.29, 0.717) is 13.0 Å². The molecule has 0 fully saturated rings. The topological polar surface area (TPSA) is 72.2 Å². The third-order valence-corrected chi connectivity index (χ3v) is 5.71. The summed E-state index contributed by atoms with van der Waals surface area (Å²) in [7, 11) is -3.80. The van der Waals surface area contributed by atoms with E-state index in [0.717, 1.165) is 22.3 Å². The fourth-order valence-electron chi connectivity index (χ4n) is 1.55. The molecule has 1 heterocycles. The van der Waals surface area contributed by atoms with Crippen LogP contribution < -0.4 is 10.5 Å². The van der Waals surface area contributed by atoms with Crippen molar-refractivity contribution >= 4 is 38.6 Å². The van der Waals surface area contributed by atoms with Gasteiger partial charge in [0.05, 0.1) is 5.69 Å². The second-order valence-corrected chi connectivity index (χ2v) is 7.50. The summed E-state index contributed by atoms with van der Waals surface area (Å²) in [5.41, 5.74) is 5.28. The minimum Gasteiger partial charge on any atom is -0.330 e. The van der Waals surface area contributed by atoms with Gasteiger partial charge in [0.15, 0.2) is 0 Å². The minimum absolute atomic E-state index is 0.121. The van der Waals surface area contributed by atoms with Crippen LogP contribution in [0.1, 0.15) is 4.88 Å². The lowest BCUT2D eigenvalue weighted by molar-refractivity contribution is 0.600. The second-order valence-electron chi connectivity index (χ2n) is 3.99. The van der Waals surface area contributed by atoms with Crippen LogP contribution in [0, 0.1) is 5.82 Å². The molecule has 0 aliphatic heterocycles. The highest BCUT2D eigenvalue weighted by Gasteiger charge is 2.18. The molecule has 0 spiro atoms. The molecule has 3 N–H and O–H groups in total. The molecular formula is C12H12ClFN2O2S2. The highest BCUT2D eigenvalue weighted by Crippen LogP contribution is 2.26. The summed E-state index contributed by atoms with van der Waals surface area (Å²) in [6, 6.07) is 6.92. The molecule has 0 aliphatic carbocycles. The summed E-state index contributed by atoms with van der Waals surface area (Å²) >= 11 is 6.73. The van der Waals surface area contributed by atoms with Crippen LogP contribution >= 0.6 is 22.9 Å². The lowest BCUT2D eigenvalue weighted by Crippen LogP contribution is -2.12. The number of thiophene rings is 1. The van der Waals surface area contributed by atoms with Crippen LogP contribution in [0.4, 0.5) is 10.1 Å². The standard InChI is InChI=1S/C12H12ClFN2O2S2/c13-8-1-3-11(10(14)7-8)16-20(17,18)12-4-2-9(19-12)5-6-15/h1-4,7,16H,5-6,15H2. The van der Waals surface area contributed by atoms with Gasteiger partial charge in [-0.3, -0.25) is 4.72 Å². The highest BCUT2D eigenvalue weighted by molar-refractivity contribution is 7.94. The first-order valence-corrected chi connectivity index (χ1v) is 8.37. The van der Waals surface area contributed by atoms with E-state index in [1.807, 2.05) is 0 Å². The summed E-state index contributed by atoms with van der Waals surface area (Å²) in [4.78, 5) is 0.865. The molecule has 0 radical (unpaired) electrons. The molecule has 1 aromatic carbocycles. The zero-order valence-electron chi connectivity index (χ0n) is 10.3. The molecule has 2 aromatic rings. The molecular weight excluding hydrogens is 323 g/mol. The van der Waals surface area contributed by atoms with Gasteiger partial charge in [-0.15, -0.1) is 11.3 Å². The van der Waals surface area contributed by atoms with Gasteiger partial charge in [-0.2, -0.15) is 0 Å². The molecule has 4 nitrogen and oxygen atoms in total. The van der Waals surface area contributed by atoms with E-state index in [1.54, 1.807) is 6.07 Å². The van der Waals surface area contributed by atoms with Crippen molar-refractivity contribution in [3.8, 4) is 0 Å². The Morgan fingerprint density at radius 1 is 1.30 bits per heavy atom. The van der Waals surface area contributed by atoms with Crippen LogP contribution in [0.25, 0.3) is 0 Å². The van der Waals surface area contributed by atoms with Crippen LogP contribution in [0.3, 0.4) is 0 Å². The molecule has 0 bridgehead atoms. The van der Waals surface area contributed by atoms with Crippen molar-refractivity contribution in [3.63, 3.8) is 0 Å². The molecule has 0 atom stereocenters. The average Bonchev–Trinajstić information content (AvgIpc) is 2.83. The summed E-state index contributed by atoms with van der Waals surface area (Å²) in [5.74, 6) is -0.722. The van der Waals surface area contributed by atoms with Crippen molar-refractivity contribution in [1.82, 2.24) is 0 Å². The van der Waals surface area contributed by atoms with Crippen molar-refractivity contribution in [2.75, 3.05) is 11.3 Å². The van der Waals surface area contributed by atoms with Gasteiger partial charge in [0.1, 0.15) is 10.0 Å². The number of halogens is 2. The van der Waals surface area contributed by atoms with E-state index in [4.69, 9.17) is 17.3 Å². The summed E-state index contributed by atoms with van der Waals surface area (Å²) in [6.07, 6.45) is 0.607. The van der Waals surface area contributed by atoms with Crippen LogP contribution in [0.2, 0.25) is 5.02 Å². The van der Waals surface area contributed by atoms with E-state index >= 15 is 0 Å². The predicted molar refractivity (Wildman–Crippen MR) is 79.3 cm³/mol. The van der Waals surface area contributed by atoms with Gasteiger partial charge >= 0.3 is 0 Å². The fourth-order valence-corrected chi connectivity index (χ4v) is 4.14. The van der Waals surface area contributed by atoms with Crippen LogP contribution in [-0.2, 0) is 16.4 Å². The van der Waals surface area contributed by atoms with E-state index in [2.05, 4.69) is 4.72 Å². The fraction of sp³-hybridized carbons (Fsp3) is 0.167. The van der Waals surface area contributed by atoms with E-state index in [-0.39, 0.29) is 14.9 Å². The molecule has 0 amide bonds. The SMILES string of the molecule is NCCc1ccc(S(=O)(=O)Nc2ccc(Cl)cc2F)s1. The Bertz CT molecular complexity index is 716. The Kier molecular flexibility index (Phi) is 4.64. The van der Waals surface area contributed by atoms with Crippen molar-refractivity contribution in [2.45, 2.75) is 10.6 Å². The van der Waals surface area contributed by atoms with E-state index in [1.165, 1.54) is 18.2 Å².